The van der Waals surface area contributed by atoms with Crippen LogP contribution in [0.1, 0.15) is 18.9 Å². The van der Waals surface area contributed by atoms with Gasteiger partial charge in [-0.2, -0.15) is 4.98 Å². The Bertz CT molecular complexity index is 693. The molecule has 0 aliphatic rings. The van der Waals surface area contributed by atoms with Gasteiger partial charge in [-0.15, -0.1) is 0 Å². The van der Waals surface area contributed by atoms with Gasteiger partial charge in [0, 0.05) is 17.9 Å². The number of anilines is 1. The fourth-order valence-corrected chi connectivity index (χ4v) is 2.56. The van der Waals surface area contributed by atoms with Crippen molar-refractivity contribution in [1.29, 1.82) is 0 Å². The van der Waals surface area contributed by atoms with Crippen molar-refractivity contribution in [3.63, 3.8) is 0 Å². The molecule has 2 rings (SSSR count). The smallest absolute Gasteiger partial charge is 0.321 e. The Balaban J connectivity index is 1.98. The zero-order valence-electron chi connectivity index (χ0n) is 12.3. The number of nitrogens with one attached hydrogen (secondary N) is 1. The molecule has 1 N–H and O–H groups in total. The van der Waals surface area contributed by atoms with Gasteiger partial charge in [-0.25, -0.2) is 8.42 Å². The molecule has 6 nitrogen and oxygen atoms in total. The summed E-state index contributed by atoms with van der Waals surface area (Å²) in [6, 6.07) is 8.05. The Kier molecular flexibility index (Phi) is 4.62. The van der Waals surface area contributed by atoms with Crippen LogP contribution < -0.4 is 5.32 Å². The number of aromatic nitrogens is 2. The Morgan fingerprint density at radius 3 is 2.57 bits per heavy atom. The summed E-state index contributed by atoms with van der Waals surface area (Å²) in [4.78, 5) is 4.26. The molecule has 0 unspecified atom stereocenters. The lowest BCUT2D eigenvalue weighted by Crippen LogP contribution is -2.19. The molecular weight excluding hydrogens is 290 g/mol. The van der Waals surface area contributed by atoms with Crippen molar-refractivity contribution in [2.75, 3.05) is 17.3 Å². The highest BCUT2D eigenvalue weighted by molar-refractivity contribution is 7.90. The lowest BCUT2D eigenvalue weighted by Gasteiger charge is -2.10. The van der Waals surface area contributed by atoms with Crippen LogP contribution in [-0.4, -0.2) is 36.6 Å². The van der Waals surface area contributed by atoms with Gasteiger partial charge in [0.2, 0.25) is 5.82 Å². The number of nitrogens with zero attached hydrogens (tertiary/aromatic N) is 2. The van der Waals surface area contributed by atoms with Crippen LogP contribution in [0.2, 0.25) is 0 Å². The summed E-state index contributed by atoms with van der Waals surface area (Å²) in [6.45, 7) is 3.89. The van der Waals surface area contributed by atoms with E-state index in [-0.39, 0.29) is 11.8 Å². The number of hydrogen-bond acceptors (Lipinski definition) is 6. The van der Waals surface area contributed by atoms with Crippen molar-refractivity contribution >= 4 is 15.9 Å². The minimum atomic E-state index is -2.96. The molecule has 0 fully saturated rings. The average molecular weight is 309 g/mol. The molecule has 0 saturated carbocycles. The van der Waals surface area contributed by atoms with E-state index in [0.717, 1.165) is 11.1 Å². The quantitative estimate of drug-likeness (QED) is 0.881. The molecule has 0 bridgehead atoms. The van der Waals surface area contributed by atoms with E-state index in [2.05, 4.69) is 15.5 Å². The second kappa shape index (κ2) is 6.26. The van der Waals surface area contributed by atoms with Gasteiger partial charge < -0.3 is 9.84 Å². The number of hydrogen-bond donors (Lipinski definition) is 1. The van der Waals surface area contributed by atoms with Crippen molar-refractivity contribution in [3.05, 3.63) is 29.8 Å². The molecule has 114 valence electrons. The molecule has 1 aromatic heterocycles. The predicted octanol–water partition coefficient (Wildman–Crippen LogP) is 2.28. The zero-order valence-corrected chi connectivity index (χ0v) is 13.1. The summed E-state index contributed by atoms with van der Waals surface area (Å²) in [5, 5.41) is 6.92. The van der Waals surface area contributed by atoms with Gasteiger partial charge in [0.1, 0.15) is 9.84 Å². The first kappa shape index (κ1) is 15.5. The van der Waals surface area contributed by atoms with Gasteiger partial charge in [0.15, 0.2) is 0 Å². The molecule has 7 heteroatoms. The first-order valence-electron chi connectivity index (χ1n) is 6.68. The topological polar surface area (TPSA) is 85.1 Å². The summed E-state index contributed by atoms with van der Waals surface area (Å²) in [5.41, 5.74) is 2.04. The van der Waals surface area contributed by atoms with Crippen molar-refractivity contribution < 1.29 is 12.9 Å². The maximum absolute atomic E-state index is 11.1. The Morgan fingerprint density at radius 1 is 1.29 bits per heavy atom. The van der Waals surface area contributed by atoms with E-state index < -0.39 is 9.84 Å². The van der Waals surface area contributed by atoms with E-state index in [0.29, 0.717) is 18.3 Å². The average Bonchev–Trinajstić information content (AvgIpc) is 2.85. The second-order valence-electron chi connectivity index (χ2n) is 5.25. The van der Waals surface area contributed by atoms with Crippen LogP contribution in [0.5, 0.6) is 0 Å². The number of benzene rings is 1. The fraction of sp³-hybridized carbons (Fsp3) is 0.429. The molecule has 0 radical (unpaired) electrons. The van der Waals surface area contributed by atoms with Crippen LogP contribution in [0.25, 0.3) is 11.4 Å². The van der Waals surface area contributed by atoms with E-state index >= 15 is 0 Å². The number of aryl methyl sites for hydroxylation is 1. The minimum Gasteiger partial charge on any atom is -0.335 e. The summed E-state index contributed by atoms with van der Waals surface area (Å²) in [7, 11) is -2.96. The van der Waals surface area contributed by atoms with Crippen LogP contribution in [-0.2, 0) is 9.84 Å². The van der Waals surface area contributed by atoms with Crippen molar-refractivity contribution in [2.45, 2.75) is 26.3 Å². The first-order chi connectivity index (χ1) is 9.83. The summed E-state index contributed by atoms with van der Waals surface area (Å²) < 4.78 is 27.4. The van der Waals surface area contributed by atoms with E-state index in [1.807, 2.05) is 38.1 Å². The Labute approximate surface area is 124 Å². The second-order valence-corrected chi connectivity index (χ2v) is 7.51. The van der Waals surface area contributed by atoms with Crippen LogP contribution in [0.4, 0.5) is 6.01 Å². The molecule has 0 aliphatic carbocycles. The molecule has 1 aromatic carbocycles. The highest BCUT2D eigenvalue weighted by atomic mass is 32.2. The maximum atomic E-state index is 11.1. The molecule has 0 aliphatic heterocycles. The summed E-state index contributed by atoms with van der Waals surface area (Å²) in [5.74, 6) is 0.632. The number of rotatable bonds is 6. The molecule has 0 amide bonds. The highest BCUT2D eigenvalue weighted by Crippen LogP contribution is 2.18. The largest absolute Gasteiger partial charge is 0.335 e. The van der Waals surface area contributed by atoms with Crippen molar-refractivity contribution in [3.8, 4) is 11.4 Å². The third-order valence-corrected chi connectivity index (χ3v) is 4.00. The van der Waals surface area contributed by atoms with Crippen LogP contribution >= 0.6 is 0 Å². The normalized spacial score (nSPS) is 13.1. The monoisotopic (exact) mass is 309 g/mol. The lowest BCUT2D eigenvalue weighted by molar-refractivity contribution is 0.428. The van der Waals surface area contributed by atoms with E-state index in [4.69, 9.17) is 4.52 Å². The third-order valence-electron chi connectivity index (χ3n) is 3.03. The number of sulfone groups is 1. The van der Waals surface area contributed by atoms with Gasteiger partial charge in [0.05, 0.1) is 5.75 Å². The maximum Gasteiger partial charge on any atom is 0.321 e. The molecule has 21 heavy (non-hydrogen) atoms. The Hall–Kier alpha value is -1.89. The fourth-order valence-electron chi connectivity index (χ4n) is 1.78. The molecule has 0 spiro atoms. The summed E-state index contributed by atoms with van der Waals surface area (Å²) in [6.07, 6.45) is 1.71. The van der Waals surface area contributed by atoms with E-state index in [9.17, 15) is 8.42 Å². The Morgan fingerprint density at radius 2 is 1.95 bits per heavy atom. The first-order valence-corrected chi connectivity index (χ1v) is 8.74. The van der Waals surface area contributed by atoms with Gasteiger partial charge >= 0.3 is 6.01 Å². The van der Waals surface area contributed by atoms with Gasteiger partial charge in [-0.05, 0) is 20.3 Å². The minimum absolute atomic E-state index is 0.0638. The van der Waals surface area contributed by atoms with Gasteiger partial charge in [-0.3, -0.25) is 0 Å². The molecule has 0 saturated heterocycles. The zero-order chi connectivity index (χ0) is 15.5. The molecular formula is C14H19N3O3S. The van der Waals surface area contributed by atoms with Crippen LogP contribution in [0, 0.1) is 6.92 Å². The van der Waals surface area contributed by atoms with Crippen molar-refractivity contribution in [2.24, 2.45) is 0 Å². The standard InChI is InChI=1S/C14H19N3O3S/c1-10-4-6-12(7-5-10)13-16-14(20-17-13)15-11(2)8-9-21(3,18)19/h4-7,11H,8-9H2,1-3H3,(H,15,16,17)/t11-/m1/s1. The molecule has 1 heterocycles. The van der Waals surface area contributed by atoms with Gasteiger partial charge in [-0.1, -0.05) is 35.0 Å². The van der Waals surface area contributed by atoms with Crippen LogP contribution in [0.15, 0.2) is 28.8 Å². The lowest BCUT2D eigenvalue weighted by atomic mass is 10.1. The molecule has 1 atom stereocenters. The SMILES string of the molecule is Cc1ccc(-c2noc(N[C@H](C)CCS(C)(=O)=O)n2)cc1. The third kappa shape index (κ3) is 4.86. The molecule has 2 aromatic rings. The van der Waals surface area contributed by atoms with Crippen molar-refractivity contribution in [1.82, 2.24) is 10.1 Å². The van der Waals surface area contributed by atoms with E-state index in [1.165, 1.54) is 6.26 Å². The van der Waals surface area contributed by atoms with Crippen LogP contribution in [0.3, 0.4) is 0 Å². The van der Waals surface area contributed by atoms with Gasteiger partial charge in [0.25, 0.3) is 0 Å². The predicted molar refractivity (Wildman–Crippen MR) is 81.9 cm³/mol. The highest BCUT2D eigenvalue weighted by Gasteiger charge is 2.12. The van der Waals surface area contributed by atoms with E-state index in [1.54, 1.807) is 0 Å². The summed E-state index contributed by atoms with van der Waals surface area (Å²) >= 11 is 0.